The first kappa shape index (κ1) is 7.82. The minimum atomic E-state index is 0.533. The van der Waals surface area contributed by atoms with E-state index in [9.17, 15) is 0 Å². The molecule has 2 atom stereocenters. The number of allylic oxidation sites excluding steroid dienone is 2. The van der Waals surface area contributed by atoms with Crippen molar-refractivity contribution >= 4 is 0 Å². The molecule has 3 rings (SSSR count). The van der Waals surface area contributed by atoms with Gasteiger partial charge in [0.25, 0.3) is 0 Å². The van der Waals surface area contributed by atoms with Crippen LogP contribution in [-0.2, 0) is 0 Å². The first-order valence-corrected chi connectivity index (χ1v) is 5.02. The Balaban J connectivity index is 2.27. The average molecular weight is 181 g/mol. The number of fused-ring (bicyclic) bond motifs is 5. The van der Waals surface area contributed by atoms with E-state index >= 15 is 0 Å². The molecule has 0 aliphatic heterocycles. The molecule has 68 valence electrons. The van der Waals surface area contributed by atoms with Crippen LogP contribution < -0.4 is 0 Å². The molecular formula is C13H11N. The Morgan fingerprint density at radius 1 is 1.43 bits per heavy atom. The van der Waals surface area contributed by atoms with Gasteiger partial charge < -0.3 is 0 Å². The van der Waals surface area contributed by atoms with Crippen molar-refractivity contribution in [3.63, 3.8) is 0 Å². The number of nitrogens with zero attached hydrogens (tertiary/aromatic N) is 1. The Morgan fingerprint density at radius 3 is 3.07 bits per heavy atom. The van der Waals surface area contributed by atoms with Gasteiger partial charge in [-0.2, -0.15) is 5.26 Å². The van der Waals surface area contributed by atoms with Gasteiger partial charge in [0.1, 0.15) is 0 Å². The van der Waals surface area contributed by atoms with Crippen LogP contribution in [-0.4, -0.2) is 0 Å². The molecule has 14 heavy (non-hydrogen) atoms. The molecule has 0 saturated heterocycles. The summed E-state index contributed by atoms with van der Waals surface area (Å²) in [6, 6.07) is 8.41. The summed E-state index contributed by atoms with van der Waals surface area (Å²) in [5, 5.41) is 9.05. The number of benzene rings is 1. The molecule has 1 aromatic rings. The van der Waals surface area contributed by atoms with Gasteiger partial charge in [-0.25, -0.2) is 0 Å². The standard InChI is InChI=1S/C13H11N/c1-8-5-10-6-12(8)13-9(7-14)3-2-4-11(10)13/h2-5,10,12H,6H2,1H3/t10-,12+/m1/s1. The van der Waals surface area contributed by atoms with E-state index in [4.69, 9.17) is 5.26 Å². The van der Waals surface area contributed by atoms with Crippen LogP contribution in [0, 0.1) is 11.3 Å². The lowest BCUT2D eigenvalue weighted by atomic mass is 9.89. The first-order chi connectivity index (χ1) is 6.81. The van der Waals surface area contributed by atoms with Crippen molar-refractivity contribution in [2.45, 2.75) is 25.2 Å². The molecular weight excluding hydrogens is 170 g/mol. The second-order valence-corrected chi connectivity index (χ2v) is 4.23. The monoisotopic (exact) mass is 181 g/mol. The van der Waals surface area contributed by atoms with E-state index in [1.807, 2.05) is 12.1 Å². The van der Waals surface area contributed by atoms with Crippen molar-refractivity contribution in [1.29, 1.82) is 5.26 Å². The van der Waals surface area contributed by atoms with E-state index in [0.717, 1.165) is 5.56 Å². The van der Waals surface area contributed by atoms with E-state index in [1.54, 1.807) is 0 Å². The zero-order valence-corrected chi connectivity index (χ0v) is 8.12. The highest BCUT2D eigenvalue weighted by molar-refractivity contribution is 5.57. The molecule has 0 saturated carbocycles. The summed E-state index contributed by atoms with van der Waals surface area (Å²) in [7, 11) is 0. The van der Waals surface area contributed by atoms with E-state index in [2.05, 4.69) is 25.1 Å². The summed E-state index contributed by atoms with van der Waals surface area (Å²) < 4.78 is 0. The van der Waals surface area contributed by atoms with Crippen molar-refractivity contribution in [3.8, 4) is 6.07 Å². The highest BCUT2D eigenvalue weighted by Crippen LogP contribution is 2.52. The van der Waals surface area contributed by atoms with Gasteiger partial charge in [0.15, 0.2) is 0 Å². The third-order valence-corrected chi connectivity index (χ3v) is 3.51. The van der Waals surface area contributed by atoms with Gasteiger partial charge in [0.2, 0.25) is 0 Å². The molecule has 1 aromatic carbocycles. The average Bonchev–Trinajstić information content (AvgIpc) is 2.74. The molecule has 0 heterocycles. The summed E-state index contributed by atoms with van der Waals surface area (Å²) >= 11 is 0. The molecule has 1 nitrogen and oxygen atoms in total. The third kappa shape index (κ3) is 0.786. The number of hydrogen-bond acceptors (Lipinski definition) is 1. The van der Waals surface area contributed by atoms with Crippen molar-refractivity contribution in [2.24, 2.45) is 0 Å². The molecule has 2 aliphatic carbocycles. The SMILES string of the molecule is CC1=C[C@@H]2C[C@@H]1c1c(C#N)cccc12. The quantitative estimate of drug-likeness (QED) is 0.564. The van der Waals surface area contributed by atoms with Gasteiger partial charge >= 0.3 is 0 Å². The Labute approximate surface area is 83.7 Å². The van der Waals surface area contributed by atoms with E-state index in [1.165, 1.54) is 23.1 Å². The smallest absolute Gasteiger partial charge is 0.0994 e. The highest BCUT2D eigenvalue weighted by atomic mass is 14.4. The van der Waals surface area contributed by atoms with Crippen molar-refractivity contribution in [2.75, 3.05) is 0 Å². The minimum Gasteiger partial charge on any atom is -0.192 e. The molecule has 0 N–H and O–H groups in total. The molecule has 1 heteroatoms. The van der Waals surface area contributed by atoms with Gasteiger partial charge in [-0.15, -0.1) is 0 Å². The van der Waals surface area contributed by atoms with Crippen LogP contribution in [0.5, 0.6) is 0 Å². The Morgan fingerprint density at radius 2 is 2.29 bits per heavy atom. The lowest BCUT2D eigenvalue weighted by Crippen LogP contribution is -1.99. The van der Waals surface area contributed by atoms with Crippen LogP contribution >= 0.6 is 0 Å². The lowest BCUT2D eigenvalue weighted by molar-refractivity contribution is 0.784. The molecule has 0 unspecified atom stereocenters. The fraction of sp³-hybridized carbons (Fsp3) is 0.308. The van der Waals surface area contributed by atoms with Crippen LogP contribution in [0.1, 0.15) is 41.9 Å². The zero-order chi connectivity index (χ0) is 9.71. The van der Waals surface area contributed by atoms with Gasteiger partial charge in [-0.3, -0.25) is 0 Å². The predicted molar refractivity (Wildman–Crippen MR) is 55.0 cm³/mol. The molecule has 2 bridgehead atoms. The molecule has 2 aliphatic rings. The maximum atomic E-state index is 9.05. The maximum absolute atomic E-state index is 9.05. The molecule has 0 spiro atoms. The van der Waals surface area contributed by atoms with Crippen LogP contribution in [0.25, 0.3) is 0 Å². The largest absolute Gasteiger partial charge is 0.192 e. The van der Waals surface area contributed by atoms with Gasteiger partial charge in [0.05, 0.1) is 11.6 Å². The van der Waals surface area contributed by atoms with Crippen LogP contribution in [0.15, 0.2) is 29.8 Å². The van der Waals surface area contributed by atoms with Crippen LogP contribution in [0.2, 0.25) is 0 Å². The summed E-state index contributed by atoms with van der Waals surface area (Å²) in [6.45, 7) is 2.18. The fourth-order valence-corrected chi connectivity index (χ4v) is 2.90. The molecule has 0 radical (unpaired) electrons. The Kier molecular flexibility index (Phi) is 1.39. The van der Waals surface area contributed by atoms with Gasteiger partial charge in [-0.05, 0) is 30.5 Å². The van der Waals surface area contributed by atoms with E-state index in [0.29, 0.717) is 11.8 Å². The summed E-state index contributed by atoms with van der Waals surface area (Å²) in [5.74, 6) is 1.12. The highest BCUT2D eigenvalue weighted by Gasteiger charge is 2.37. The topological polar surface area (TPSA) is 23.8 Å². The van der Waals surface area contributed by atoms with E-state index in [-0.39, 0.29) is 0 Å². The van der Waals surface area contributed by atoms with Crippen molar-refractivity contribution in [1.82, 2.24) is 0 Å². The molecule has 0 fully saturated rings. The maximum Gasteiger partial charge on any atom is 0.0994 e. The third-order valence-electron chi connectivity index (χ3n) is 3.51. The molecule has 0 amide bonds. The van der Waals surface area contributed by atoms with Crippen molar-refractivity contribution in [3.05, 3.63) is 46.5 Å². The van der Waals surface area contributed by atoms with Crippen LogP contribution in [0.3, 0.4) is 0 Å². The second kappa shape index (κ2) is 2.48. The van der Waals surface area contributed by atoms with Gasteiger partial charge in [0, 0.05) is 11.8 Å². The summed E-state index contributed by atoms with van der Waals surface area (Å²) in [5.41, 5.74) is 5.02. The fourth-order valence-electron chi connectivity index (χ4n) is 2.90. The first-order valence-electron chi connectivity index (χ1n) is 5.02. The zero-order valence-electron chi connectivity index (χ0n) is 8.12. The predicted octanol–water partition coefficient (Wildman–Crippen LogP) is 3.09. The Bertz CT molecular complexity index is 476. The van der Waals surface area contributed by atoms with Crippen molar-refractivity contribution < 1.29 is 0 Å². The van der Waals surface area contributed by atoms with E-state index < -0.39 is 0 Å². The minimum absolute atomic E-state index is 0.533. The second-order valence-electron chi connectivity index (χ2n) is 4.23. The normalized spacial score (nSPS) is 27.0. The summed E-state index contributed by atoms with van der Waals surface area (Å²) in [6.07, 6.45) is 3.55. The number of hydrogen-bond donors (Lipinski definition) is 0. The Hall–Kier alpha value is -1.55. The molecule has 0 aromatic heterocycles. The summed E-state index contributed by atoms with van der Waals surface area (Å²) in [4.78, 5) is 0. The van der Waals surface area contributed by atoms with Gasteiger partial charge in [-0.1, -0.05) is 23.8 Å². The van der Waals surface area contributed by atoms with Crippen LogP contribution in [0.4, 0.5) is 0 Å². The number of rotatable bonds is 0. The lowest BCUT2D eigenvalue weighted by Gasteiger charge is -2.15. The number of nitriles is 1.